The molecule has 0 aliphatic rings. The van der Waals surface area contributed by atoms with E-state index in [0.29, 0.717) is 10.6 Å². The fourth-order valence-electron chi connectivity index (χ4n) is 2.86. The molecule has 1 aromatic carbocycles. The second-order valence-corrected chi connectivity index (χ2v) is 7.52. The zero-order valence-corrected chi connectivity index (χ0v) is 16.4. The summed E-state index contributed by atoms with van der Waals surface area (Å²) in [5.74, 6) is 0.0340. The molecular formula is C20H23ClN4O. The summed E-state index contributed by atoms with van der Waals surface area (Å²) in [7, 11) is 0. The first kappa shape index (κ1) is 18.4. The number of pyridine rings is 1. The van der Waals surface area contributed by atoms with Crippen LogP contribution in [-0.4, -0.2) is 20.7 Å². The Balaban J connectivity index is 2.09. The van der Waals surface area contributed by atoms with Gasteiger partial charge >= 0.3 is 0 Å². The van der Waals surface area contributed by atoms with E-state index in [-0.39, 0.29) is 17.9 Å². The van der Waals surface area contributed by atoms with E-state index in [1.807, 2.05) is 43.7 Å². The molecule has 0 fully saturated rings. The molecule has 6 heteroatoms. The monoisotopic (exact) mass is 370 g/mol. The molecule has 3 rings (SSSR count). The maximum Gasteiger partial charge on any atom is 0.256 e. The molecule has 0 aliphatic carbocycles. The number of anilines is 1. The number of aryl methyl sites for hydroxylation is 1. The maximum atomic E-state index is 13.0. The van der Waals surface area contributed by atoms with E-state index in [4.69, 9.17) is 16.6 Å². The van der Waals surface area contributed by atoms with Gasteiger partial charge in [-0.2, -0.15) is 5.10 Å². The molecular weight excluding hydrogens is 348 g/mol. The Bertz CT molecular complexity index is 975. The SMILES string of the molecule is Cc1cc(Cl)ccc1NC(=O)c1cc(C(C)C)nc2c1cnn2C(C)C. The van der Waals surface area contributed by atoms with Gasteiger partial charge in [0.2, 0.25) is 0 Å². The van der Waals surface area contributed by atoms with Crippen LogP contribution >= 0.6 is 11.6 Å². The van der Waals surface area contributed by atoms with Gasteiger partial charge in [-0.15, -0.1) is 0 Å². The van der Waals surface area contributed by atoms with E-state index in [1.165, 1.54) is 0 Å². The molecule has 0 unspecified atom stereocenters. The Morgan fingerprint density at radius 1 is 1.19 bits per heavy atom. The molecule has 2 heterocycles. The van der Waals surface area contributed by atoms with Crippen molar-refractivity contribution in [2.75, 3.05) is 5.32 Å². The lowest BCUT2D eigenvalue weighted by Gasteiger charge is -2.13. The summed E-state index contributed by atoms with van der Waals surface area (Å²) in [5.41, 5.74) is 3.85. The van der Waals surface area contributed by atoms with E-state index in [2.05, 4.69) is 24.3 Å². The van der Waals surface area contributed by atoms with Crippen molar-refractivity contribution in [2.45, 2.75) is 46.6 Å². The van der Waals surface area contributed by atoms with Crippen LogP contribution < -0.4 is 5.32 Å². The molecule has 1 N–H and O–H groups in total. The number of carbonyl (C=O) groups excluding carboxylic acids is 1. The molecule has 26 heavy (non-hydrogen) atoms. The van der Waals surface area contributed by atoms with Crippen LogP contribution in [0.1, 0.15) is 61.3 Å². The Labute approximate surface area is 158 Å². The zero-order chi connectivity index (χ0) is 19.0. The van der Waals surface area contributed by atoms with Crippen LogP contribution in [0.15, 0.2) is 30.5 Å². The number of fused-ring (bicyclic) bond motifs is 1. The minimum Gasteiger partial charge on any atom is -0.322 e. The second kappa shape index (κ2) is 7.08. The number of hydrogen-bond acceptors (Lipinski definition) is 3. The fraction of sp³-hybridized carbons (Fsp3) is 0.350. The largest absolute Gasteiger partial charge is 0.322 e. The summed E-state index contributed by atoms with van der Waals surface area (Å²) in [6, 6.07) is 7.43. The van der Waals surface area contributed by atoms with Crippen molar-refractivity contribution < 1.29 is 4.79 Å². The normalized spacial score (nSPS) is 11.5. The summed E-state index contributed by atoms with van der Waals surface area (Å²) < 4.78 is 1.85. The predicted molar refractivity (Wildman–Crippen MR) is 106 cm³/mol. The number of hydrogen-bond donors (Lipinski definition) is 1. The Morgan fingerprint density at radius 3 is 2.54 bits per heavy atom. The number of benzene rings is 1. The minimum absolute atomic E-state index is 0.164. The first-order chi connectivity index (χ1) is 12.3. The third kappa shape index (κ3) is 3.44. The molecule has 2 aromatic heterocycles. The van der Waals surface area contributed by atoms with Gasteiger partial charge in [0.15, 0.2) is 5.65 Å². The Hall–Kier alpha value is -2.40. The number of halogens is 1. The first-order valence-electron chi connectivity index (χ1n) is 8.73. The molecule has 0 saturated heterocycles. The highest BCUT2D eigenvalue weighted by molar-refractivity contribution is 6.30. The number of rotatable bonds is 4. The van der Waals surface area contributed by atoms with Crippen LogP contribution in [0.5, 0.6) is 0 Å². The molecule has 0 radical (unpaired) electrons. The van der Waals surface area contributed by atoms with Gasteiger partial charge in [-0.05, 0) is 56.5 Å². The predicted octanol–water partition coefficient (Wildman–Crippen LogP) is 5.35. The average Bonchev–Trinajstić information content (AvgIpc) is 3.00. The molecule has 0 saturated carbocycles. The van der Waals surface area contributed by atoms with Crippen LogP contribution in [0.3, 0.4) is 0 Å². The van der Waals surface area contributed by atoms with Crippen molar-refractivity contribution >= 4 is 34.2 Å². The van der Waals surface area contributed by atoms with Gasteiger partial charge in [0.25, 0.3) is 5.91 Å². The first-order valence-corrected chi connectivity index (χ1v) is 9.11. The quantitative estimate of drug-likeness (QED) is 0.673. The van der Waals surface area contributed by atoms with Crippen LogP contribution in [-0.2, 0) is 0 Å². The van der Waals surface area contributed by atoms with Gasteiger partial charge < -0.3 is 5.32 Å². The van der Waals surface area contributed by atoms with Crippen molar-refractivity contribution in [2.24, 2.45) is 0 Å². The van der Waals surface area contributed by atoms with Crippen molar-refractivity contribution in [1.82, 2.24) is 14.8 Å². The molecule has 0 aliphatic heterocycles. The van der Waals surface area contributed by atoms with Gasteiger partial charge in [0.1, 0.15) is 0 Å². The molecule has 0 atom stereocenters. The average molecular weight is 371 g/mol. The van der Waals surface area contributed by atoms with Gasteiger partial charge in [0, 0.05) is 22.4 Å². The van der Waals surface area contributed by atoms with Crippen molar-refractivity contribution in [3.63, 3.8) is 0 Å². The highest BCUT2D eigenvalue weighted by Gasteiger charge is 2.19. The lowest BCUT2D eigenvalue weighted by atomic mass is 10.0. The summed E-state index contributed by atoms with van der Waals surface area (Å²) in [6.45, 7) is 10.1. The van der Waals surface area contributed by atoms with E-state index in [1.54, 1.807) is 12.3 Å². The van der Waals surface area contributed by atoms with Gasteiger partial charge in [-0.3, -0.25) is 4.79 Å². The summed E-state index contributed by atoms with van der Waals surface area (Å²) >= 11 is 6.00. The number of nitrogens with one attached hydrogen (secondary N) is 1. The van der Waals surface area contributed by atoms with Crippen LogP contribution in [0.2, 0.25) is 5.02 Å². The van der Waals surface area contributed by atoms with E-state index in [9.17, 15) is 4.79 Å². The maximum absolute atomic E-state index is 13.0. The Kier molecular flexibility index (Phi) is 5.01. The van der Waals surface area contributed by atoms with Crippen molar-refractivity contribution in [3.05, 3.63) is 52.3 Å². The topological polar surface area (TPSA) is 59.8 Å². The molecule has 136 valence electrons. The van der Waals surface area contributed by atoms with Crippen molar-refractivity contribution in [1.29, 1.82) is 0 Å². The number of carbonyl (C=O) groups is 1. The zero-order valence-electron chi connectivity index (χ0n) is 15.7. The molecule has 0 bridgehead atoms. The van der Waals surface area contributed by atoms with Crippen LogP contribution in [0, 0.1) is 6.92 Å². The molecule has 3 aromatic rings. The smallest absolute Gasteiger partial charge is 0.256 e. The van der Waals surface area contributed by atoms with Crippen LogP contribution in [0.25, 0.3) is 11.0 Å². The molecule has 1 amide bonds. The van der Waals surface area contributed by atoms with Crippen molar-refractivity contribution in [3.8, 4) is 0 Å². The molecule has 0 spiro atoms. The number of nitrogens with zero attached hydrogens (tertiary/aromatic N) is 3. The standard InChI is InChI=1S/C20H23ClN4O/c1-11(2)18-9-15(16-10-22-25(12(3)4)19(16)23-18)20(26)24-17-7-6-14(21)8-13(17)5/h6-12H,1-5H3,(H,24,26). The minimum atomic E-state index is -0.173. The van der Waals surface area contributed by atoms with E-state index >= 15 is 0 Å². The van der Waals surface area contributed by atoms with E-state index in [0.717, 1.165) is 28.0 Å². The lowest BCUT2D eigenvalue weighted by Crippen LogP contribution is -2.15. The second-order valence-electron chi connectivity index (χ2n) is 7.08. The fourth-order valence-corrected chi connectivity index (χ4v) is 3.08. The molecule has 5 nitrogen and oxygen atoms in total. The van der Waals surface area contributed by atoms with Gasteiger partial charge in [-0.1, -0.05) is 25.4 Å². The third-order valence-electron chi connectivity index (χ3n) is 4.35. The van der Waals surface area contributed by atoms with Gasteiger partial charge in [-0.25, -0.2) is 9.67 Å². The number of aromatic nitrogens is 3. The number of amides is 1. The van der Waals surface area contributed by atoms with Crippen LogP contribution in [0.4, 0.5) is 5.69 Å². The van der Waals surface area contributed by atoms with E-state index < -0.39 is 0 Å². The Morgan fingerprint density at radius 2 is 1.92 bits per heavy atom. The summed E-state index contributed by atoms with van der Waals surface area (Å²) in [4.78, 5) is 17.7. The van der Waals surface area contributed by atoms with Gasteiger partial charge in [0.05, 0.1) is 17.1 Å². The lowest BCUT2D eigenvalue weighted by molar-refractivity contribution is 0.102. The third-order valence-corrected chi connectivity index (χ3v) is 4.58. The summed E-state index contributed by atoms with van der Waals surface area (Å²) in [6.07, 6.45) is 1.72. The highest BCUT2D eigenvalue weighted by Crippen LogP contribution is 2.26. The highest BCUT2D eigenvalue weighted by atomic mass is 35.5. The summed E-state index contributed by atoms with van der Waals surface area (Å²) in [5, 5.41) is 8.82.